The van der Waals surface area contributed by atoms with Crippen LogP contribution in [0.3, 0.4) is 0 Å². The SMILES string of the molecule is COc1nc(CNC(=O)c2cc3ccccc3o2)nc(N2CCOCC2)n1. The number of morpholine rings is 1. The molecule has 1 saturated heterocycles. The van der Waals surface area contributed by atoms with Crippen molar-refractivity contribution in [2.45, 2.75) is 6.54 Å². The highest BCUT2D eigenvalue weighted by molar-refractivity contribution is 5.95. The van der Waals surface area contributed by atoms with E-state index in [1.165, 1.54) is 7.11 Å². The van der Waals surface area contributed by atoms with E-state index in [1.54, 1.807) is 6.07 Å². The third-order valence-electron chi connectivity index (χ3n) is 4.18. The van der Waals surface area contributed by atoms with Crippen LogP contribution >= 0.6 is 0 Å². The highest BCUT2D eigenvalue weighted by Gasteiger charge is 2.18. The van der Waals surface area contributed by atoms with E-state index in [0.29, 0.717) is 43.7 Å². The molecule has 3 heterocycles. The number of furan rings is 1. The number of anilines is 1. The number of rotatable bonds is 5. The fraction of sp³-hybridized carbons (Fsp3) is 0.333. The van der Waals surface area contributed by atoms with Crippen LogP contribution in [0.2, 0.25) is 0 Å². The Morgan fingerprint density at radius 1 is 1.22 bits per heavy atom. The lowest BCUT2D eigenvalue weighted by Crippen LogP contribution is -2.37. The van der Waals surface area contributed by atoms with Gasteiger partial charge >= 0.3 is 6.01 Å². The van der Waals surface area contributed by atoms with E-state index in [1.807, 2.05) is 29.2 Å². The molecule has 2 aromatic heterocycles. The van der Waals surface area contributed by atoms with Crippen LogP contribution in [0, 0.1) is 0 Å². The fourth-order valence-corrected chi connectivity index (χ4v) is 2.80. The van der Waals surface area contributed by atoms with Gasteiger partial charge in [-0.3, -0.25) is 4.79 Å². The number of carbonyl (C=O) groups is 1. The van der Waals surface area contributed by atoms with Crippen molar-refractivity contribution in [2.75, 3.05) is 38.3 Å². The lowest BCUT2D eigenvalue weighted by molar-refractivity contribution is 0.0924. The van der Waals surface area contributed by atoms with Gasteiger partial charge in [-0.1, -0.05) is 18.2 Å². The molecule has 1 aliphatic rings. The zero-order valence-corrected chi connectivity index (χ0v) is 14.8. The molecular formula is C18H19N5O4. The summed E-state index contributed by atoms with van der Waals surface area (Å²) >= 11 is 0. The van der Waals surface area contributed by atoms with E-state index < -0.39 is 0 Å². The van der Waals surface area contributed by atoms with Crippen LogP contribution < -0.4 is 15.0 Å². The Bertz CT molecular complexity index is 919. The summed E-state index contributed by atoms with van der Waals surface area (Å²) in [4.78, 5) is 27.3. The highest BCUT2D eigenvalue weighted by Crippen LogP contribution is 2.19. The molecule has 4 rings (SSSR count). The predicted octanol–water partition coefficient (Wildman–Crippen LogP) is 1.39. The first kappa shape index (κ1) is 17.2. The number of ether oxygens (including phenoxy) is 2. The summed E-state index contributed by atoms with van der Waals surface area (Å²) in [6, 6.07) is 9.37. The van der Waals surface area contributed by atoms with Crippen LogP contribution in [0.4, 0.5) is 5.95 Å². The summed E-state index contributed by atoms with van der Waals surface area (Å²) in [7, 11) is 1.50. The number of hydrogen-bond donors (Lipinski definition) is 1. The van der Waals surface area contributed by atoms with E-state index in [-0.39, 0.29) is 24.2 Å². The van der Waals surface area contributed by atoms with Crippen LogP contribution in [0.25, 0.3) is 11.0 Å². The van der Waals surface area contributed by atoms with Gasteiger partial charge in [0.05, 0.1) is 26.9 Å². The van der Waals surface area contributed by atoms with E-state index in [9.17, 15) is 4.79 Å². The van der Waals surface area contributed by atoms with E-state index >= 15 is 0 Å². The minimum absolute atomic E-state index is 0.131. The number of benzene rings is 1. The Labute approximate surface area is 155 Å². The van der Waals surface area contributed by atoms with Crippen LogP contribution in [0.5, 0.6) is 6.01 Å². The average Bonchev–Trinajstić information content (AvgIpc) is 3.17. The van der Waals surface area contributed by atoms with Gasteiger partial charge in [0.25, 0.3) is 5.91 Å². The van der Waals surface area contributed by atoms with E-state index in [4.69, 9.17) is 13.9 Å². The van der Waals surface area contributed by atoms with Gasteiger partial charge in [-0.2, -0.15) is 15.0 Å². The summed E-state index contributed by atoms with van der Waals surface area (Å²) in [6.07, 6.45) is 0. The molecule has 0 aliphatic carbocycles. The van der Waals surface area contributed by atoms with Gasteiger partial charge in [-0.25, -0.2) is 0 Å². The molecule has 0 saturated carbocycles. The molecular weight excluding hydrogens is 350 g/mol. The molecule has 9 nitrogen and oxygen atoms in total. The number of nitrogens with zero attached hydrogens (tertiary/aromatic N) is 4. The number of aromatic nitrogens is 3. The predicted molar refractivity (Wildman–Crippen MR) is 96.8 cm³/mol. The summed E-state index contributed by atoms with van der Waals surface area (Å²) in [6.45, 7) is 2.75. The van der Waals surface area contributed by atoms with Gasteiger partial charge < -0.3 is 24.1 Å². The van der Waals surface area contributed by atoms with Crippen molar-refractivity contribution in [3.8, 4) is 6.01 Å². The Kier molecular flexibility index (Phi) is 4.84. The fourth-order valence-electron chi connectivity index (χ4n) is 2.80. The van der Waals surface area contributed by atoms with Gasteiger partial charge in [-0.05, 0) is 12.1 Å². The van der Waals surface area contributed by atoms with E-state index in [2.05, 4.69) is 20.3 Å². The summed E-state index contributed by atoms with van der Waals surface area (Å²) in [5.41, 5.74) is 0.666. The molecule has 0 spiro atoms. The van der Waals surface area contributed by atoms with Crippen molar-refractivity contribution in [2.24, 2.45) is 0 Å². The summed E-state index contributed by atoms with van der Waals surface area (Å²) in [5.74, 6) is 0.829. The lowest BCUT2D eigenvalue weighted by Gasteiger charge is -2.26. The molecule has 27 heavy (non-hydrogen) atoms. The Morgan fingerprint density at radius 3 is 2.81 bits per heavy atom. The molecule has 1 aliphatic heterocycles. The van der Waals surface area contributed by atoms with Gasteiger partial charge in [0.15, 0.2) is 11.6 Å². The zero-order valence-electron chi connectivity index (χ0n) is 14.8. The molecule has 1 fully saturated rings. The number of para-hydroxylation sites is 1. The van der Waals surface area contributed by atoms with Crippen LogP contribution in [-0.2, 0) is 11.3 Å². The number of fused-ring (bicyclic) bond motifs is 1. The molecule has 140 valence electrons. The first-order chi connectivity index (χ1) is 13.2. The minimum atomic E-state index is -0.335. The molecule has 3 aromatic rings. The van der Waals surface area contributed by atoms with Crippen molar-refractivity contribution < 1.29 is 18.7 Å². The zero-order chi connectivity index (χ0) is 18.6. The van der Waals surface area contributed by atoms with Crippen molar-refractivity contribution in [3.63, 3.8) is 0 Å². The second kappa shape index (κ2) is 7.58. The summed E-state index contributed by atoms with van der Waals surface area (Å²) < 4.78 is 16.1. The largest absolute Gasteiger partial charge is 0.467 e. The van der Waals surface area contributed by atoms with Crippen LogP contribution in [0.1, 0.15) is 16.4 Å². The number of hydrogen-bond acceptors (Lipinski definition) is 8. The molecule has 0 atom stereocenters. The smallest absolute Gasteiger partial charge is 0.321 e. The standard InChI is InChI=1S/C18H19N5O4/c1-25-18-21-15(20-17(22-18)23-6-8-26-9-7-23)11-19-16(24)14-10-12-4-2-3-5-13(12)27-14/h2-5,10H,6-9,11H2,1H3,(H,19,24). The first-order valence-corrected chi connectivity index (χ1v) is 8.61. The maximum atomic E-state index is 12.4. The summed E-state index contributed by atoms with van der Waals surface area (Å²) in [5, 5.41) is 3.65. The van der Waals surface area contributed by atoms with Crippen LogP contribution in [0.15, 0.2) is 34.7 Å². The normalized spacial score (nSPS) is 14.3. The minimum Gasteiger partial charge on any atom is -0.467 e. The third-order valence-corrected chi connectivity index (χ3v) is 4.18. The number of carbonyl (C=O) groups excluding carboxylic acids is 1. The van der Waals surface area contributed by atoms with Crippen molar-refractivity contribution in [1.29, 1.82) is 0 Å². The second-order valence-corrected chi connectivity index (χ2v) is 5.97. The quantitative estimate of drug-likeness (QED) is 0.720. The lowest BCUT2D eigenvalue weighted by atomic mass is 10.2. The van der Waals surface area contributed by atoms with Gasteiger partial charge in [0.1, 0.15) is 5.58 Å². The van der Waals surface area contributed by atoms with Gasteiger partial charge in [0, 0.05) is 18.5 Å². The monoisotopic (exact) mass is 369 g/mol. The van der Waals surface area contributed by atoms with Gasteiger partial charge in [0.2, 0.25) is 5.95 Å². The second-order valence-electron chi connectivity index (χ2n) is 5.97. The molecule has 0 bridgehead atoms. The number of methoxy groups -OCH3 is 1. The van der Waals surface area contributed by atoms with Gasteiger partial charge in [-0.15, -0.1) is 0 Å². The Hall–Kier alpha value is -3.20. The maximum Gasteiger partial charge on any atom is 0.321 e. The Morgan fingerprint density at radius 2 is 2.04 bits per heavy atom. The van der Waals surface area contributed by atoms with Crippen molar-refractivity contribution in [1.82, 2.24) is 20.3 Å². The highest BCUT2D eigenvalue weighted by atomic mass is 16.5. The topological polar surface area (TPSA) is 103 Å². The molecule has 1 N–H and O–H groups in total. The molecule has 9 heteroatoms. The average molecular weight is 369 g/mol. The third kappa shape index (κ3) is 3.82. The number of nitrogens with one attached hydrogen (secondary N) is 1. The van der Waals surface area contributed by atoms with Crippen LogP contribution in [-0.4, -0.2) is 54.3 Å². The van der Waals surface area contributed by atoms with Crippen molar-refractivity contribution in [3.05, 3.63) is 41.9 Å². The van der Waals surface area contributed by atoms with E-state index in [0.717, 1.165) is 5.39 Å². The molecule has 1 amide bonds. The Balaban J connectivity index is 1.48. The van der Waals surface area contributed by atoms with Crippen molar-refractivity contribution >= 4 is 22.8 Å². The molecule has 1 aromatic carbocycles. The maximum absolute atomic E-state index is 12.4. The first-order valence-electron chi connectivity index (χ1n) is 8.61. The number of amides is 1. The molecule has 0 radical (unpaired) electrons. The molecule has 0 unspecified atom stereocenters.